The lowest BCUT2D eigenvalue weighted by Crippen LogP contribution is -2.40. The zero-order valence-corrected chi connectivity index (χ0v) is 11.9. The summed E-state index contributed by atoms with van der Waals surface area (Å²) in [4.78, 5) is 16.5. The second kappa shape index (κ2) is 6.37. The molecule has 2 aromatic rings. The van der Waals surface area contributed by atoms with E-state index in [0.717, 1.165) is 28.3 Å². The van der Waals surface area contributed by atoms with Gasteiger partial charge in [-0.2, -0.15) is 0 Å². The molecule has 1 aliphatic heterocycles. The first-order valence-corrected chi connectivity index (χ1v) is 7.04. The van der Waals surface area contributed by atoms with Gasteiger partial charge in [-0.05, 0) is 40.9 Å². The highest BCUT2D eigenvalue weighted by Gasteiger charge is 2.18. The second-order valence-electron chi connectivity index (χ2n) is 4.58. The van der Waals surface area contributed by atoms with E-state index in [1.165, 1.54) is 0 Å². The summed E-state index contributed by atoms with van der Waals surface area (Å²) in [6.45, 7) is 1.43. The van der Waals surface area contributed by atoms with Crippen molar-refractivity contribution in [2.45, 2.75) is 26.3 Å². The van der Waals surface area contributed by atoms with Gasteiger partial charge in [0.05, 0.1) is 11.0 Å². The Hall–Kier alpha value is -1.40. The first-order chi connectivity index (χ1) is 9.24. The van der Waals surface area contributed by atoms with E-state index in [-0.39, 0.29) is 19.5 Å². The van der Waals surface area contributed by atoms with Crippen molar-refractivity contribution in [1.29, 1.82) is 0 Å². The number of pyridine rings is 1. The molecule has 1 fully saturated rings. The van der Waals surface area contributed by atoms with Crippen LogP contribution in [0.5, 0.6) is 0 Å². The third-order valence-electron chi connectivity index (χ3n) is 3.27. The maximum Gasteiger partial charge on any atom is 0.326 e. The quantitative estimate of drug-likeness (QED) is 0.868. The Morgan fingerprint density at radius 2 is 2.20 bits per heavy atom. The van der Waals surface area contributed by atoms with E-state index in [2.05, 4.69) is 26.2 Å². The maximum atomic E-state index is 12.3. The van der Waals surface area contributed by atoms with Crippen LogP contribution in [-0.2, 0) is 4.74 Å². The van der Waals surface area contributed by atoms with Gasteiger partial charge in [0.2, 0.25) is 0 Å². The molecule has 5 nitrogen and oxygen atoms in total. The van der Waals surface area contributed by atoms with E-state index in [1.54, 1.807) is 17.0 Å². The molecule has 0 radical (unpaired) electrons. The number of hydrogen-bond acceptors (Lipinski definition) is 3. The Morgan fingerprint density at radius 3 is 2.95 bits per heavy atom. The number of carbonyl (C=O) groups excluding carboxylic acids is 1. The summed E-state index contributed by atoms with van der Waals surface area (Å²) in [6, 6.07) is 3.82. The standard InChI is InChI=1S/C13H14BrN3O2.CH4/c14-9-7-12-11(15-8-9)1-4-17(12)13(18)16-10-2-5-19-6-3-10;/h1,4,7-8,10H,2-3,5-6H2,(H,16,18);1H4. The van der Waals surface area contributed by atoms with E-state index in [4.69, 9.17) is 4.74 Å². The fourth-order valence-electron chi connectivity index (χ4n) is 2.25. The van der Waals surface area contributed by atoms with Gasteiger partial charge in [-0.25, -0.2) is 4.79 Å². The van der Waals surface area contributed by atoms with Crippen LogP contribution in [0.25, 0.3) is 11.0 Å². The van der Waals surface area contributed by atoms with E-state index in [0.29, 0.717) is 13.2 Å². The van der Waals surface area contributed by atoms with Crippen LogP contribution < -0.4 is 5.32 Å². The molecule has 3 heterocycles. The lowest BCUT2D eigenvalue weighted by molar-refractivity contribution is 0.0802. The summed E-state index contributed by atoms with van der Waals surface area (Å²) >= 11 is 3.37. The van der Waals surface area contributed by atoms with Gasteiger partial charge in [0.25, 0.3) is 0 Å². The van der Waals surface area contributed by atoms with Crippen molar-refractivity contribution in [3.05, 3.63) is 29.0 Å². The Morgan fingerprint density at radius 1 is 1.45 bits per heavy atom. The van der Waals surface area contributed by atoms with Crippen molar-refractivity contribution in [1.82, 2.24) is 14.9 Å². The van der Waals surface area contributed by atoms with Gasteiger partial charge < -0.3 is 10.1 Å². The molecule has 0 bridgehead atoms. The normalized spacial score (nSPS) is 15.8. The maximum absolute atomic E-state index is 12.3. The largest absolute Gasteiger partial charge is 0.381 e. The van der Waals surface area contributed by atoms with Crippen molar-refractivity contribution in [2.75, 3.05) is 13.2 Å². The zero-order valence-electron chi connectivity index (χ0n) is 10.3. The van der Waals surface area contributed by atoms with Gasteiger partial charge in [-0.3, -0.25) is 9.55 Å². The monoisotopic (exact) mass is 339 g/mol. The van der Waals surface area contributed by atoms with E-state index in [9.17, 15) is 4.79 Å². The molecule has 0 aromatic carbocycles. The molecular formula is C14H18BrN3O2. The van der Waals surface area contributed by atoms with Crippen LogP contribution >= 0.6 is 15.9 Å². The molecule has 0 unspecified atom stereocenters. The topological polar surface area (TPSA) is 56.1 Å². The minimum Gasteiger partial charge on any atom is -0.381 e. The van der Waals surface area contributed by atoms with Crippen molar-refractivity contribution in [3.63, 3.8) is 0 Å². The number of halogens is 1. The van der Waals surface area contributed by atoms with Crippen LogP contribution in [0, 0.1) is 0 Å². The number of nitrogens with one attached hydrogen (secondary N) is 1. The molecule has 2 aromatic heterocycles. The first-order valence-electron chi connectivity index (χ1n) is 6.25. The van der Waals surface area contributed by atoms with Crippen molar-refractivity contribution in [2.24, 2.45) is 0 Å². The van der Waals surface area contributed by atoms with Crippen molar-refractivity contribution in [3.8, 4) is 0 Å². The Kier molecular flexibility index (Phi) is 4.77. The van der Waals surface area contributed by atoms with Gasteiger partial charge in [0.1, 0.15) is 0 Å². The van der Waals surface area contributed by atoms with Crippen molar-refractivity contribution < 1.29 is 9.53 Å². The number of nitrogens with zero attached hydrogens (tertiary/aromatic N) is 2. The van der Waals surface area contributed by atoms with Gasteiger partial charge in [0, 0.05) is 36.1 Å². The molecule has 0 saturated carbocycles. The fraction of sp³-hybridized carbons (Fsp3) is 0.429. The van der Waals surface area contributed by atoms with Crippen molar-refractivity contribution >= 4 is 33.0 Å². The summed E-state index contributed by atoms with van der Waals surface area (Å²) in [7, 11) is 0. The molecule has 108 valence electrons. The molecule has 0 atom stereocenters. The molecule has 0 aliphatic carbocycles. The van der Waals surface area contributed by atoms with Crippen LogP contribution in [0.15, 0.2) is 29.0 Å². The number of hydrogen-bond donors (Lipinski definition) is 1. The van der Waals surface area contributed by atoms with Crippen LogP contribution in [0.1, 0.15) is 20.3 Å². The van der Waals surface area contributed by atoms with Crippen LogP contribution in [0.3, 0.4) is 0 Å². The molecule has 1 saturated heterocycles. The summed E-state index contributed by atoms with van der Waals surface area (Å²) in [5.41, 5.74) is 1.62. The number of amides is 1. The first kappa shape index (κ1) is 15.0. The van der Waals surface area contributed by atoms with E-state index >= 15 is 0 Å². The summed E-state index contributed by atoms with van der Waals surface area (Å²) < 4.78 is 7.74. The number of rotatable bonds is 1. The summed E-state index contributed by atoms with van der Waals surface area (Å²) in [5.74, 6) is 0. The second-order valence-corrected chi connectivity index (χ2v) is 5.50. The fourth-order valence-corrected chi connectivity index (χ4v) is 2.57. The van der Waals surface area contributed by atoms with E-state index < -0.39 is 0 Å². The molecule has 0 spiro atoms. The van der Waals surface area contributed by atoms with Gasteiger partial charge in [-0.1, -0.05) is 7.43 Å². The molecular weight excluding hydrogens is 322 g/mol. The lowest BCUT2D eigenvalue weighted by Gasteiger charge is -2.23. The summed E-state index contributed by atoms with van der Waals surface area (Å²) in [5, 5.41) is 3.03. The molecule has 1 N–H and O–H groups in total. The smallest absolute Gasteiger partial charge is 0.326 e. The predicted octanol–water partition coefficient (Wildman–Crippen LogP) is 3.17. The SMILES string of the molecule is C.O=C(NC1CCOCC1)n1ccc2ncc(Br)cc21. The molecule has 1 aliphatic rings. The van der Waals surface area contributed by atoms with Crippen LogP contribution in [0.4, 0.5) is 4.79 Å². The van der Waals surface area contributed by atoms with Gasteiger partial charge in [0.15, 0.2) is 0 Å². The third-order valence-corrected chi connectivity index (χ3v) is 3.71. The number of carbonyl (C=O) groups is 1. The highest BCUT2D eigenvalue weighted by molar-refractivity contribution is 9.10. The number of fused-ring (bicyclic) bond motifs is 1. The predicted molar refractivity (Wildman–Crippen MR) is 81.9 cm³/mol. The highest BCUT2D eigenvalue weighted by Crippen LogP contribution is 2.18. The molecule has 3 rings (SSSR count). The average molecular weight is 340 g/mol. The Balaban J connectivity index is 0.00000147. The van der Waals surface area contributed by atoms with Gasteiger partial charge in [-0.15, -0.1) is 0 Å². The number of ether oxygens (including phenoxy) is 1. The third kappa shape index (κ3) is 3.02. The molecule has 20 heavy (non-hydrogen) atoms. The lowest BCUT2D eigenvalue weighted by atomic mass is 10.1. The number of aromatic nitrogens is 2. The van der Waals surface area contributed by atoms with E-state index in [1.807, 2.05) is 12.1 Å². The van der Waals surface area contributed by atoms with Crippen LogP contribution in [-0.4, -0.2) is 34.8 Å². The van der Waals surface area contributed by atoms with Gasteiger partial charge >= 0.3 is 6.03 Å². The van der Waals surface area contributed by atoms with Crippen LogP contribution in [0.2, 0.25) is 0 Å². The minimum absolute atomic E-state index is 0. The summed E-state index contributed by atoms with van der Waals surface area (Å²) in [6.07, 6.45) is 5.21. The highest BCUT2D eigenvalue weighted by atomic mass is 79.9. The average Bonchev–Trinajstić information content (AvgIpc) is 2.82. The molecule has 1 amide bonds. The Labute approximate surface area is 126 Å². The molecule has 6 heteroatoms. The zero-order chi connectivity index (χ0) is 13.2. The minimum atomic E-state index is -0.109. The Bertz CT molecular complexity index is 605.